The number of carbonyl (C=O) groups is 1. The van der Waals surface area contributed by atoms with Gasteiger partial charge in [-0.3, -0.25) is 0 Å². The van der Waals surface area contributed by atoms with Crippen LogP contribution in [0.15, 0.2) is 12.2 Å². The molecule has 4 atom stereocenters. The van der Waals surface area contributed by atoms with Crippen LogP contribution in [0.2, 0.25) is 0 Å². The molecule has 31 heavy (non-hydrogen) atoms. The fraction of sp³-hybridized carbons (Fsp3) is 0.885. The van der Waals surface area contributed by atoms with Gasteiger partial charge in [0, 0.05) is 30.8 Å². The van der Waals surface area contributed by atoms with Crippen molar-refractivity contribution in [3.63, 3.8) is 0 Å². The Morgan fingerprint density at radius 3 is 2.61 bits per heavy atom. The Bertz CT molecular complexity index is 556. The number of unbranched alkanes of at least 4 members (excludes halogenated alkanes) is 2. The lowest BCUT2D eigenvalue weighted by molar-refractivity contribution is -0.316. The van der Waals surface area contributed by atoms with Crippen molar-refractivity contribution in [2.45, 2.75) is 110 Å². The molecule has 3 unspecified atom stereocenters. The molecule has 3 aliphatic rings. The first-order valence-corrected chi connectivity index (χ1v) is 12.6. The van der Waals surface area contributed by atoms with Crippen LogP contribution in [-0.2, 0) is 23.7 Å². The lowest BCUT2D eigenvalue weighted by Gasteiger charge is -2.45. The van der Waals surface area contributed by atoms with Gasteiger partial charge in [-0.25, -0.2) is 0 Å². The Morgan fingerprint density at radius 2 is 1.94 bits per heavy atom. The van der Waals surface area contributed by atoms with Gasteiger partial charge in [-0.2, -0.15) is 0 Å². The van der Waals surface area contributed by atoms with E-state index < -0.39 is 5.79 Å². The van der Waals surface area contributed by atoms with Crippen molar-refractivity contribution in [1.29, 1.82) is 0 Å². The zero-order valence-electron chi connectivity index (χ0n) is 20.0. The molecule has 3 fully saturated rings. The van der Waals surface area contributed by atoms with E-state index in [9.17, 15) is 4.79 Å². The SMILES string of the molecule is CCCCCC(C=C[C@@H]1CCC2(OCC(C)(C)CO2)C1CCC=O)OC1CCCCO1. The summed E-state index contributed by atoms with van der Waals surface area (Å²) in [6, 6.07) is 0. The van der Waals surface area contributed by atoms with E-state index in [2.05, 4.69) is 32.9 Å². The van der Waals surface area contributed by atoms with Gasteiger partial charge in [-0.05, 0) is 44.4 Å². The number of carbonyl (C=O) groups excluding carboxylic acids is 1. The van der Waals surface area contributed by atoms with Crippen LogP contribution in [0.3, 0.4) is 0 Å². The monoisotopic (exact) mass is 436 g/mol. The maximum atomic E-state index is 11.1. The summed E-state index contributed by atoms with van der Waals surface area (Å²) in [5.41, 5.74) is 0.0482. The molecule has 0 aromatic heterocycles. The van der Waals surface area contributed by atoms with Gasteiger partial charge in [0.2, 0.25) is 0 Å². The molecule has 2 saturated heterocycles. The first-order valence-electron chi connectivity index (χ1n) is 12.6. The molecule has 0 radical (unpaired) electrons. The number of rotatable bonds is 11. The summed E-state index contributed by atoms with van der Waals surface area (Å²) in [6.45, 7) is 8.82. The first-order chi connectivity index (χ1) is 15.0. The summed E-state index contributed by atoms with van der Waals surface area (Å²) in [7, 11) is 0. The second-order valence-corrected chi connectivity index (χ2v) is 10.5. The quantitative estimate of drug-likeness (QED) is 0.232. The Balaban J connectivity index is 1.66. The molecule has 0 aromatic rings. The van der Waals surface area contributed by atoms with Crippen LogP contribution < -0.4 is 0 Å². The average molecular weight is 437 g/mol. The minimum absolute atomic E-state index is 0.0482. The molecule has 1 aliphatic carbocycles. The summed E-state index contributed by atoms with van der Waals surface area (Å²) >= 11 is 0. The Morgan fingerprint density at radius 1 is 1.13 bits per heavy atom. The highest BCUT2D eigenvalue weighted by molar-refractivity contribution is 5.49. The van der Waals surface area contributed by atoms with Gasteiger partial charge in [0.15, 0.2) is 12.1 Å². The van der Waals surface area contributed by atoms with Crippen molar-refractivity contribution in [3.8, 4) is 0 Å². The van der Waals surface area contributed by atoms with E-state index in [4.69, 9.17) is 18.9 Å². The van der Waals surface area contributed by atoms with Gasteiger partial charge in [-0.15, -0.1) is 0 Å². The highest BCUT2D eigenvalue weighted by atomic mass is 16.7. The van der Waals surface area contributed by atoms with Crippen molar-refractivity contribution in [1.82, 2.24) is 0 Å². The van der Waals surface area contributed by atoms with Crippen LogP contribution >= 0.6 is 0 Å². The number of hydrogen-bond donors (Lipinski definition) is 0. The van der Waals surface area contributed by atoms with Crippen LogP contribution in [0.4, 0.5) is 0 Å². The highest BCUT2D eigenvalue weighted by Gasteiger charge is 2.52. The second kappa shape index (κ2) is 11.9. The Kier molecular flexibility index (Phi) is 9.57. The summed E-state index contributed by atoms with van der Waals surface area (Å²) in [5, 5.41) is 0. The molecule has 1 saturated carbocycles. The molecular formula is C26H44O5. The second-order valence-electron chi connectivity index (χ2n) is 10.5. The standard InChI is InChI=1S/C26H44O5/c1-4-5-6-10-22(31-24-12-7-8-18-28-24)14-13-21-15-16-26(23(21)11-9-17-27)29-19-25(2,3)20-30-26/h13-14,17,21-24H,4-12,15-16,18-20H2,1-3H3/t21-,22?,23?,24?/m1/s1. The number of hydrogen-bond acceptors (Lipinski definition) is 5. The van der Waals surface area contributed by atoms with Crippen molar-refractivity contribution < 1.29 is 23.7 Å². The van der Waals surface area contributed by atoms with Crippen LogP contribution in [0, 0.1) is 17.3 Å². The van der Waals surface area contributed by atoms with Gasteiger partial charge < -0.3 is 23.7 Å². The van der Waals surface area contributed by atoms with Gasteiger partial charge in [0.25, 0.3) is 0 Å². The fourth-order valence-electron chi connectivity index (χ4n) is 5.15. The molecule has 0 aromatic carbocycles. The molecule has 2 heterocycles. The van der Waals surface area contributed by atoms with Crippen molar-refractivity contribution in [3.05, 3.63) is 12.2 Å². The summed E-state index contributed by atoms with van der Waals surface area (Å²) in [4.78, 5) is 11.1. The van der Waals surface area contributed by atoms with Crippen LogP contribution in [0.1, 0.15) is 91.4 Å². The van der Waals surface area contributed by atoms with E-state index in [1.165, 1.54) is 25.7 Å². The largest absolute Gasteiger partial charge is 0.353 e. The van der Waals surface area contributed by atoms with Gasteiger partial charge in [-0.1, -0.05) is 52.2 Å². The van der Waals surface area contributed by atoms with Crippen molar-refractivity contribution in [2.24, 2.45) is 17.3 Å². The predicted molar refractivity (Wildman–Crippen MR) is 122 cm³/mol. The van der Waals surface area contributed by atoms with Crippen molar-refractivity contribution >= 4 is 6.29 Å². The number of ether oxygens (including phenoxy) is 4. The van der Waals surface area contributed by atoms with Crippen LogP contribution in [0.25, 0.3) is 0 Å². The average Bonchev–Trinajstić information content (AvgIpc) is 3.11. The number of allylic oxidation sites excluding steroid dienone is 1. The van der Waals surface area contributed by atoms with Crippen LogP contribution in [-0.4, -0.2) is 44.3 Å². The molecule has 5 heteroatoms. The highest BCUT2D eigenvalue weighted by Crippen LogP contribution is 2.49. The molecular weight excluding hydrogens is 392 g/mol. The maximum absolute atomic E-state index is 11.1. The summed E-state index contributed by atoms with van der Waals surface area (Å²) < 4.78 is 24.9. The topological polar surface area (TPSA) is 54.0 Å². The third kappa shape index (κ3) is 7.12. The summed E-state index contributed by atoms with van der Waals surface area (Å²) in [5.74, 6) is 0.0384. The zero-order chi connectivity index (χ0) is 22.2. The summed E-state index contributed by atoms with van der Waals surface area (Å²) in [6.07, 6.45) is 16.9. The molecule has 3 rings (SSSR count). The smallest absolute Gasteiger partial charge is 0.171 e. The lowest BCUT2D eigenvalue weighted by Crippen LogP contribution is -2.50. The molecule has 0 amide bonds. The minimum Gasteiger partial charge on any atom is -0.353 e. The van der Waals surface area contributed by atoms with E-state index in [0.717, 1.165) is 51.4 Å². The third-order valence-electron chi connectivity index (χ3n) is 7.05. The van der Waals surface area contributed by atoms with E-state index in [-0.39, 0.29) is 23.7 Å². The van der Waals surface area contributed by atoms with Gasteiger partial charge in [0.05, 0.1) is 19.3 Å². The zero-order valence-corrected chi connectivity index (χ0v) is 20.0. The normalized spacial score (nSPS) is 31.3. The third-order valence-corrected chi connectivity index (χ3v) is 7.05. The van der Waals surface area contributed by atoms with Crippen molar-refractivity contribution in [2.75, 3.05) is 19.8 Å². The minimum atomic E-state index is -0.529. The maximum Gasteiger partial charge on any atom is 0.171 e. The molecule has 178 valence electrons. The molecule has 0 bridgehead atoms. The van der Waals surface area contributed by atoms with Gasteiger partial charge in [0.1, 0.15) is 6.29 Å². The first kappa shape index (κ1) is 24.9. The fourth-order valence-corrected chi connectivity index (χ4v) is 5.15. The molecule has 5 nitrogen and oxygen atoms in total. The predicted octanol–water partition coefficient (Wildman–Crippen LogP) is 5.81. The Labute approximate surface area is 189 Å². The Hall–Kier alpha value is -0.750. The van der Waals surface area contributed by atoms with E-state index in [1.54, 1.807) is 0 Å². The van der Waals surface area contributed by atoms with E-state index >= 15 is 0 Å². The number of aldehydes is 1. The van der Waals surface area contributed by atoms with E-state index in [1.807, 2.05) is 0 Å². The lowest BCUT2D eigenvalue weighted by atomic mass is 9.86. The van der Waals surface area contributed by atoms with E-state index in [0.29, 0.717) is 25.6 Å². The van der Waals surface area contributed by atoms with Crippen LogP contribution in [0.5, 0.6) is 0 Å². The molecule has 0 N–H and O–H groups in total. The molecule has 2 aliphatic heterocycles. The molecule has 1 spiro atoms. The van der Waals surface area contributed by atoms with Gasteiger partial charge >= 0.3 is 0 Å².